The highest BCUT2D eigenvalue weighted by Gasteiger charge is 2.17. The molecule has 158 valence electrons. The largest absolute Gasteiger partial charge is 0.357 e. The SMILES string of the molecule is CCNC(=NCc1ccc(C(=O)N(C)C)cc1)NCCc1nc(C(C)(C)C)cs1. The molecule has 1 amide bonds. The van der Waals surface area contributed by atoms with E-state index in [0.717, 1.165) is 41.7 Å². The molecule has 1 aromatic carbocycles. The Hall–Kier alpha value is -2.41. The highest BCUT2D eigenvalue weighted by atomic mass is 32.1. The van der Waals surface area contributed by atoms with Crippen LogP contribution in [0, 0.1) is 0 Å². The van der Waals surface area contributed by atoms with Crippen molar-refractivity contribution in [1.29, 1.82) is 0 Å². The standard InChI is InChI=1S/C22H33N5OS/c1-7-23-21(24-13-12-19-26-18(15-29-19)22(2,3)4)25-14-16-8-10-17(11-9-16)20(28)27(5)6/h8-11,15H,7,12-14H2,1-6H3,(H2,23,24,25). The van der Waals surface area contributed by atoms with Crippen molar-refractivity contribution < 1.29 is 4.79 Å². The topological polar surface area (TPSA) is 69.6 Å². The number of carbonyl (C=O) groups excluding carboxylic acids is 1. The van der Waals surface area contributed by atoms with Crippen LogP contribution in [0.25, 0.3) is 0 Å². The first-order chi connectivity index (χ1) is 13.7. The van der Waals surface area contributed by atoms with Crippen molar-refractivity contribution in [2.45, 2.75) is 46.1 Å². The monoisotopic (exact) mass is 415 g/mol. The van der Waals surface area contributed by atoms with Crippen LogP contribution in [0.5, 0.6) is 0 Å². The summed E-state index contributed by atoms with van der Waals surface area (Å²) in [5.74, 6) is 0.792. The van der Waals surface area contributed by atoms with Crippen LogP contribution in [0.4, 0.5) is 0 Å². The Bertz CT molecular complexity index is 818. The molecule has 2 N–H and O–H groups in total. The third-order valence-corrected chi connectivity index (χ3v) is 5.23. The highest BCUT2D eigenvalue weighted by Crippen LogP contribution is 2.23. The van der Waals surface area contributed by atoms with Crippen molar-refractivity contribution in [3.05, 3.63) is 51.5 Å². The number of carbonyl (C=O) groups is 1. The number of nitrogens with one attached hydrogen (secondary N) is 2. The van der Waals surface area contributed by atoms with Gasteiger partial charge in [-0.25, -0.2) is 9.98 Å². The molecule has 0 aliphatic heterocycles. The lowest BCUT2D eigenvalue weighted by atomic mass is 9.93. The maximum Gasteiger partial charge on any atom is 0.253 e. The number of amides is 1. The van der Waals surface area contributed by atoms with Crippen molar-refractivity contribution >= 4 is 23.2 Å². The third-order valence-electron chi connectivity index (χ3n) is 4.32. The maximum absolute atomic E-state index is 12.0. The van der Waals surface area contributed by atoms with Gasteiger partial charge < -0.3 is 15.5 Å². The first-order valence-electron chi connectivity index (χ1n) is 9.98. The fourth-order valence-corrected chi connectivity index (χ4v) is 3.61. The number of thiazole rings is 1. The number of rotatable bonds is 7. The summed E-state index contributed by atoms with van der Waals surface area (Å²) >= 11 is 1.71. The van der Waals surface area contributed by atoms with Gasteiger partial charge in [0.25, 0.3) is 5.91 Å². The summed E-state index contributed by atoms with van der Waals surface area (Å²) in [7, 11) is 3.51. The highest BCUT2D eigenvalue weighted by molar-refractivity contribution is 7.09. The molecule has 0 fully saturated rings. The Balaban J connectivity index is 1.90. The number of hydrogen-bond acceptors (Lipinski definition) is 4. The number of benzene rings is 1. The average molecular weight is 416 g/mol. The average Bonchev–Trinajstić information content (AvgIpc) is 3.15. The lowest BCUT2D eigenvalue weighted by Crippen LogP contribution is -2.38. The van der Waals surface area contributed by atoms with Crippen LogP contribution < -0.4 is 10.6 Å². The molecule has 0 saturated heterocycles. The molecule has 0 atom stereocenters. The van der Waals surface area contributed by atoms with Crippen molar-refractivity contribution in [1.82, 2.24) is 20.5 Å². The third kappa shape index (κ3) is 7.16. The second kappa shape index (κ2) is 10.4. The van der Waals surface area contributed by atoms with Crippen LogP contribution in [0.1, 0.15) is 54.3 Å². The zero-order valence-electron chi connectivity index (χ0n) is 18.4. The van der Waals surface area contributed by atoms with E-state index in [4.69, 9.17) is 4.98 Å². The fourth-order valence-electron chi connectivity index (χ4n) is 2.58. The number of guanidine groups is 1. The number of hydrogen-bond donors (Lipinski definition) is 2. The number of aromatic nitrogens is 1. The molecule has 0 unspecified atom stereocenters. The van der Waals surface area contributed by atoms with E-state index >= 15 is 0 Å². The van der Waals surface area contributed by atoms with Gasteiger partial charge in [-0.2, -0.15) is 0 Å². The molecule has 0 saturated carbocycles. The molecule has 0 aliphatic carbocycles. The van der Waals surface area contributed by atoms with Crippen LogP contribution in [0.2, 0.25) is 0 Å². The minimum absolute atomic E-state index is 0.00635. The summed E-state index contributed by atoms with van der Waals surface area (Å²) in [6, 6.07) is 7.60. The van der Waals surface area contributed by atoms with E-state index in [1.807, 2.05) is 24.3 Å². The van der Waals surface area contributed by atoms with E-state index in [9.17, 15) is 4.79 Å². The van der Waals surface area contributed by atoms with Gasteiger partial charge in [-0.3, -0.25) is 4.79 Å². The lowest BCUT2D eigenvalue weighted by molar-refractivity contribution is 0.0827. The van der Waals surface area contributed by atoms with E-state index in [0.29, 0.717) is 12.1 Å². The zero-order chi connectivity index (χ0) is 21.4. The molecular weight excluding hydrogens is 382 g/mol. The summed E-state index contributed by atoms with van der Waals surface area (Å²) < 4.78 is 0. The first-order valence-corrected chi connectivity index (χ1v) is 10.9. The van der Waals surface area contributed by atoms with Crippen LogP contribution in [-0.2, 0) is 18.4 Å². The van der Waals surface area contributed by atoms with Crippen molar-refractivity contribution in [2.24, 2.45) is 4.99 Å². The van der Waals surface area contributed by atoms with Gasteiger partial charge in [-0.1, -0.05) is 32.9 Å². The van der Waals surface area contributed by atoms with Crippen LogP contribution in [-0.4, -0.2) is 48.9 Å². The van der Waals surface area contributed by atoms with Crippen molar-refractivity contribution in [3.63, 3.8) is 0 Å². The van der Waals surface area contributed by atoms with Gasteiger partial charge in [0.2, 0.25) is 0 Å². The van der Waals surface area contributed by atoms with E-state index in [2.05, 4.69) is 48.7 Å². The van der Waals surface area contributed by atoms with Gasteiger partial charge in [-0.15, -0.1) is 11.3 Å². The second-order valence-electron chi connectivity index (χ2n) is 8.14. The molecule has 0 spiro atoms. The van der Waals surface area contributed by atoms with Crippen molar-refractivity contribution in [2.75, 3.05) is 27.2 Å². The predicted octanol–water partition coefficient (Wildman–Crippen LogP) is 3.44. The molecule has 0 radical (unpaired) electrons. The molecule has 6 nitrogen and oxygen atoms in total. The van der Waals surface area contributed by atoms with E-state index in [1.54, 1.807) is 30.3 Å². The number of aliphatic imine (C=N–C) groups is 1. The Morgan fingerprint density at radius 1 is 1.17 bits per heavy atom. The van der Waals surface area contributed by atoms with Crippen molar-refractivity contribution in [3.8, 4) is 0 Å². The Labute approximate surface area is 178 Å². The van der Waals surface area contributed by atoms with Gasteiger partial charge >= 0.3 is 0 Å². The van der Waals surface area contributed by atoms with Crippen LogP contribution >= 0.6 is 11.3 Å². The summed E-state index contributed by atoms with van der Waals surface area (Å²) in [6.45, 7) is 10.7. The second-order valence-corrected chi connectivity index (χ2v) is 9.09. The molecule has 2 aromatic rings. The summed E-state index contributed by atoms with van der Waals surface area (Å²) in [4.78, 5) is 22.9. The van der Waals surface area contributed by atoms with Gasteiger partial charge in [0.1, 0.15) is 0 Å². The summed E-state index contributed by atoms with van der Waals surface area (Å²) in [6.07, 6.45) is 0.868. The first kappa shape index (κ1) is 22.9. The summed E-state index contributed by atoms with van der Waals surface area (Å²) in [5, 5.41) is 9.94. The lowest BCUT2D eigenvalue weighted by Gasteiger charge is -2.14. The van der Waals surface area contributed by atoms with Gasteiger partial charge in [0, 0.05) is 50.0 Å². The molecular formula is C22H33N5OS. The predicted molar refractivity (Wildman–Crippen MR) is 122 cm³/mol. The molecule has 2 rings (SSSR count). The molecule has 29 heavy (non-hydrogen) atoms. The minimum Gasteiger partial charge on any atom is -0.357 e. The van der Waals surface area contributed by atoms with Gasteiger partial charge in [-0.05, 0) is 24.6 Å². The van der Waals surface area contributed by atoms with Crippen LogP contribution in [0.15, 0.2) is 34.6 Å². The van der Waals surface area contributed by atoms with Gasteiger partial charge in [0.15, 0.2) is 5.96 Å². The van der Waals surface area contributed by atoms with Gasteiger partial charge in [0.05, 0.1) is 17.2 Å². The maximum atomic E-state index is 12.0. The molecule has 1 heterocycles. The smallest absolute Gasteiger partial charge is 0.253 e. The molecule has 0 aliphatic rings. The molecule has 1 aromatic heterocycles. The fraction of sp³-hybridized carbons (Fsp3) is 0.500. The zero-order valence-corrected chi connectivity index (χ0v) is 19.2. The Morgan fingerprint density at radius 3 is 2.41 bits per heavy atom. The minimum atomic E-state index is 0.00635. The van der Waals surface area contributed by atoms with E-state index in [1.165, 1.54) is 0 Å². The van der Waals surface area contributed by atoms with Crippen LogP contribution in [0.3, 0.4) is 0 Å². The molecule has 7 heteroatoms. The Morgan fingerprint density at radius 2 is 1.86 bits per heavy atom. The molecule has 0 bridgehead atoms. The summed E-state index contributed by atoms with van der Waals surface area (Å²) in [5.41, 5.74) is 2.98. The van der Waals surface area contributed by atoms with E-state index < -0.39 is 0 Å². The number of nitrogens with zero attached hydrogens (tertiary/aromatic N) is 3. The van der Waals surface area contributed by atoms with E-state index in [-0.39, 0.29) is 11.3 Å². The quantitative estimate of drug-likeness (QED) is 0.537. The normalized spacial score (nSPS) is 12.0. The Kier molecular flexibility index (Phi) is 8.20.